The first-order valence-electron chi connectivity index (χ1n) is 9.05. The molecule has 4 nitrogen and oxygen atoms in total. The highest BCUT2D eigenvalue weighted by molar-refractivity contribution is 9.11. The molecule has 29 heavy (non-hydrogen) atoms. The maximum Gasteiger partial charge on any atom is 0.204 e. The summed E-state index contributed by atoms with van der Waals surface area (Å²) in [5, 5.41) is 6.32. The third-order valence-corrected chi connectivity index (χ3v) is 5.83. The minimum absolute atomic E-state index is 0.150. The molecule has 2 aromatic carbocycles. The van der Waals surface area contributed by atoms with E-state index in [1.54, 1.807) is 0 Å². The third kappa shape index (κ3) is 4.90. The number of benzene rings is 2. The Bertz CT molecular complexity index is 865. The number of halogens is 5. The van der Waals surface area contributed by atoms with Gasteiger partial charge in [-0.1, -0.05) is 31.9 Å². The maximum atomic E-state index is 15.3. The lowest BCUT2D eigenvalue weighted by Gasteiger charge is -2.35. The summed E-state index contributed by atoms with van der Waals surface area (Å²) < 4.78 is 55.1. The molecule has 0 radical (unpaired) electrons. The summed E-state index contributed by atoms with van der Waals surface area (Å²) in [4.78, 5) is 0. The lowest BCUT2D eigenvalue weighted by molar-refractivity contribution is 0.193. The summed E-state index contributed by atoms with van der Waals surface area (Å²) in [5.74, 6) is -3.34. The predicted molar refractivity (Wildman–Crippen MR) is 112 cm³/mol. The number of rotatable bonds is 6. The van der Waals surface area contributed by atoms with Gasteiger partial charge in [0.25, 0.3) is 0 Å². The zero-order valence-electron chi connectivity index (χ0n) is 15.9. The zero-order chi connectivity index (χ0) is 21.1. The molecule has 0 amide bonds. The van der Waals surface area contributed by atoms with Gasteiger partial charge in [0.1, 0.15) is 0 Å². The quantitative estimate of drug-likeness (QED) is 0.474. The van der Waals surface area contributed by atoms with Crippen molar-refractivity contribution in [3.8, 4) is 11.5 Å². The number of hydrogen-bond acceptors (Lipinski definition) is 4. The van der Waals surface area contributed by atoms with Crippen LogP contribution in [0.2, 0.25) is 0 Å². The van der Waals surface area contributed by atoms with Crippen molar-refractivity contribution in [2.75, 3.05) is 20.8 Å². The molecule has 0 spiro atoms. The molecule has 3 unspecified atom stereocenters. The molecule has 0 saturated carbocycles. The largest absolute Gasteiger partial charge is 0.494 e. The van der Waals surface area contributed by atoms with Crippen molar-refractivity contribution in [2.24, 2.45) is 0 Å². The van der Waals surface area contributed by atoms with Gasteiger partial charge in [-0.2, -0.15) is 8.78 Å². The van der Waals surface area contributed by atoms with Crippen molar-refractivity contribution in [1.29, 1.82) is 0 Å². The average molecular weight is 538 g/mol. The van der Waals surface area contributed by atoms with Gasteiger partial charge in [-0.3, -0.25) is 5.32 Å². The molecule has 0 aliphatic carbocycles. The second-order valence-electron chi connectivity index (χ2n) is 6.74. The lowest BCUT2D eigenvalue weighted by atomic mass is 9.92. The van der Waals surface area contributed by atoms with Gasteiger partial charge in [-0.15, -0.1) is 0 Å². The van der Waals surface area contributed by atoms with E-state index in [0.29, 0.717) is 6.42 Å². The number of methoxy groups -OCH3 is 2. The molecular weight excluding hydrogens is 517 g/mol. The number of piperidine rings is 1. The Morgan fingerprint density at radius 3 is 2.38 bits per heavy atom. The normalized spacial score (nSPS) is 20.4. The first kappa shape index (κ1) is 22.4. The highest BCUT2D eigenvalue weighted by Gasteiger charge is 2.31. The average Bonchev–Trinajstić information content (AvgIpc) is 2.69. The van der Waals surface area contributed by atoms with Crippen LogP contribution in [0.5, 0.6) is 11.5 Å². The van der Waals surface area contributed by atoms with Gasteiger partial charge in [0, 0.05) is 26.6 Å². The van der Waals surface area contributed by atoms with Crippen molar-refractivity contribution in [3.05, 3.63) is 56.0 Å². The van der Waals surface area contributed by atoms with Gasteiger partial charge in [0.2, 0.25) is 11.6 Å². The summed E-state index contributed by atoms with van der Waals surface area (Å²) in [7, 11) is 2.37. The van der Waals surface area contributed by atoms with Gasteiger partial charge in [0.05, 0.1) is 14.2 Å². The fraction of sp³-hybridized carbons (Fsp3) is 0.400. The monoisotopic (exact) mass is 536 g/mol. The first-order chi connectivity index (χ1) is 13.8. The Morgan fingerprint density at radius 1 is 1.07 bits per heavy atom. The molecule has 158 valence electrons. The van der Waals surface area contributed by atoms with Gasteiger partial charge in [-0.05, 0) is 49.2 Å². The second-order valence-corrected chi connectivity index (χ2v) is 8.57. The summed E-state index contributed by atoms with van der Waals surface area (Å²) >= 11 is 6.95. The van der Waals surface area contributed by atoms with Gasteiger partial charge in [0.15, 0.2) is 17.8 Å². The Labute approximate surface area is 184 Å². The van der Waals surface area contributed by atoms with Crippen LogP contribution in [0.15, 0.2) is 33.2 Å². The minimum atomic E-state index is -1.78. The minimum Gasteiger partial charge on any atom is -0.494 e. The Hall–Kier alpha value is -1.29. The summed E-state index contributed by atoms with van der Waals surface area (Å²) in [6.07, 6.45) is -0.212. The molecular formula is C20H21Br2F3N2O2. The Balaban J connectivity index is 1.90. The second kappa shape index (κ2) is 9.68. The molecule has 9 heteroatoms. The van der Waals surface area contributed by atoms with Crippen LogP contribution < -0.4 is 20.1 Å². The van der Waals surface area contributed by atoms with E-state index in [4.69, 9.17) is 9.47 Å². The molecule has 0 aromatic heterocycles. The van der Waals surface area contributed by atoms with Crippen molar-refractivity contribution < 1.29 is 22.6 Å². The van der Waals surface area contributed by atoms with E-state index in [-0.39, 0.29) is 23.4 Å². The van der Waals surface area contributed by atoms with Gasteiger partial charge in [-0.25, -0.2) is 4.39 Å². The molecule has 1 fully saturated rings. The Morgan fingerprint density at radius 2 is 1.76 bits per heavy atom. The number of alkyl halides is 1. The number of nitrogens with one attached hydrogen (secondary N) is 2. The van der Waals surface area contributed by atoms with Crippen molar-refractivity contribution in [2.45, 2.75) is 31.2 Å². The summed E-state index contributed by atoms with van der Waals surface area (Å²) in [5.41, 5.74) is 0.827. The molecule has 1 heterocycles. The maximum absolute atomic E-state index is 15.3. The molecule has 0 bridgehead atoms. The molecule has 1 saturated heterocycles. The first-order valence-corrected chi connectivity index (χ1v) is 10.6. The van der Waals surface area contributed by atoms with Gasteiger partial charge < -0.3 is 14.8 Å². The molecule has 1 aliphatic heterocycles. The van der Waals surface area contributed by atoms with Crippen LogP contribution in [0.25, 0.3) is 0 Å². The van der Waals surface area contributed by atoms with E-state index in [1.807, 2.05) is 18.2 Å². The van der Waals surface area contributed by atoms with Crippen LogP contribution in [0.4, 0.5) is 13.2 Å². The number of ether oxygens (including phenoxy) is 2. The van der Waals surface area contributed by atoms with Gasteiger partial charge >= 0.3 is 0 Å². The topological polar surface area (TPSA) is 42.5 Å². The summed E-state index contributed by atoms with van der Waals surface area (Å²) in [6, 6.07) is 6.55. The van der Waals surface area contributed by atoms with Crippen LogP contribution in [0.3, 0.4) is 0 Å². The number of hydrogen-bond donors (Lipinski definition) is 2. The molecule has 3 atom stereocenters. The van der Waals surface area contributed by atoms with E-state index in [1.165, 1.54) is 14.2 Å². The van der Waals surface area contributed by atoms with Crippen LogP contribution in [-0.2, 0) is 0 Å². The van der Waals surface area contributed by atoms with E-state index in [9.17, 15) is 8.78 Å². The molecule has 2 N–H and O–H groups in total. The third-order valence-electron chi connectivity index (χ3n) is 4.92. The highest BCUT2D eigenvalue weighted by Crippen LogP contribution is 2.37. The molecule has 3 rings (SSSR count). The smallest absolute Gasteiger partial charge is 0.204 e. The predicted octanol–water partition coefficient (Wildman–Crippen LogP) is 5.56. The zero-order valence-corrected chi connectivity index (χ0v) is 19.0. The van der Waals surface area contributed by atoms with Crippen LogP contribution >= 0.6 is 31.9 Å². The van der Waals surface area contributed by atoms with E-state index < -0.39 is 23.7 Å². The Kier molecular flexibility index (Phi) is 7.47. The van der Waals surface area contributed by atoms with E-state index in [0.717, 1.165) is 33.5 Å². The summed E-state index contributed by atoms with van der Waals surface area (Å²) in [6.45, 7) is 0.798. The lowest BCUT2D eigenvalue weighted by Crippen LogP contribution is -2.46. The van der Waals surface area contributed by atoms with Crippen LogP contribution in [0, 0.1) is 11.6 Å². The fourth-order valence-electron chi connectivity index (χ4n) is 3.60. The standard InChI is InChI=1S/C20H21Br2F3N2O2/c1-28-15-9-13(19(29-2)17(24)16(15)23)20(25)27-14-4-3-5-26-18(14)10-6-11(21)8-12(22)7-10/h6-9,14,18,20,26-27H,3-5H2,1-2H3. The van der Waals surface area contributed by atoms with Crippen molar-refractivity contribution in [1.82, 2.24) is 10.6 Å². The van der Waals surface area contributed by atoms with Crippen molar-refractivity contribution >= 4 is 31.9 Å². The fourth-order valence-corrected chi connectivity index (χ4v) is 4.93. The molecule has 2 aromatic rings. The van der Waals surface area contributed by atoms with Crippen LogP contribution in [-0.4, -0.2) is 26.8 Å². The highest BCUT2D eigenvalue weighted by atomic mass is 79.9. The van der Waals surface area contributed by atoms with E-state index >= 15 is 4.39 Å². The van der Waals surface area contributed by atoms with E-state index in [2.05, 4.69) is 42.5 Å². The SMILES string of the molecule is COc1cc(C(F)NC2CCCNC2c2cc(Br)cc(Br)c2)c(OC)c(F)c1F. The van der Waals surface area contributed by atoms with Crippen molar-refractivity contribution in [3.63, 3.8) is 0 Å². The molecule has 1 aliphatic rings. The van der Waals surface area contributed by atoms with Crippen LogP contribution in [0.1, 0.15) is 36.3 Å².